The van der Waals surface area contributed by atoms with Crippen molar-refractivity contribution < 1.29 is 18.7 Å². The number of benzene rings is 2. The Hall–Kier alpha value is -2.89. The number of amides is 1. The van der Waals surface area contributed by atoms with Crippen LogP contribution in [0.4, 0.5) is 4.39 Å². The van der Waals surface area contributed by atoms with Gasteiger partial charge < -0.3 is 9.47 Å². The van der Waals surface area contributed by atoms with Crippen molar-refractivity contribution in [2.24, 2.45) is 5.10 Å². The van der Waals surface area contributed by atoms with Crippen molar-refractivity contribution in [3.63, 3.8) is 0 Å². The second-order valence-electron chi connectivity index (χ2n) is 5.04. The molecule has 0 saturated heterocycles. The van der Waals surface area contributed by atoms with E-state index in [2.05, 4.69) is 10.5 Å². The highest BCUT2D eigenvalue weighted by molar-refractivity contribution is 5.99. The van der Waals surface area contributed by atoms with Crippen LogP contribution in [-0.2, 0) is 4.79 Å². The van der Waals surface area contributed by atoms with E-state index in [9.17, 15) is 9.18 Å². The maximum Gasteiger partial charge on any atom is 0.284 e. The average Bonchev–Trinajstić information content (AvgIpc) is 2.59. The van der Waals surface area contributed by atoms with E-state index in [1.807, 2.05) is 6.07 Å². The lowest BCUT2D eigenvalue weighted by molar-refractivity contribution is -0.130. The van der Waals surface area contributed by atoms with Crippen molar-refractivity contribution in [2.75, 3.05) is 6.61 Å². The van der Waals surface area contributed by atoms with E-state index in [4.69, 9.17) is 9.47 Å². The molecule has 0 radical (unpaired) electrons. The zero-order valence-corrected chi connectivity index (χ0v) is 12.5. The fourth-order valence-corrected chi connectivity index (χ4v) is 2.12. The maximum atomic E-state index is 12.9. The summed E-state index contributed by atoms with van der Waals surface area (Å²) in [5.41, 5.74) is 3.73. The Kier molecular flexibility index (Phi) is 4.23. The van der Waals surface area contributed by atoms with Gasteiger partial charge in [-0.05, 0) is 36.8 Å². The van der Waals surface area contributed by atoms with Crippen LogP contribution >= 0.6 is 0 Å². The standard InChI is InChI=1S/C17H15FN2O3/c1-11(12-6-8-13(18)9-7-12)19-20-17(21)16-10-22-14-4-2-3-5-15(14)23-16/h2-9,16H,10H2,1H3,(H,20,21). The summed E-state index contributed by atoms with van der Waals surface area (Å²) in [6.07, 6.45) is -0.769. The normalized spacial score (nSPS) is 16.8. The van der Waals surface area contributed by atoms with Gasteiger partial charge >= 0.3 is 0 Å². The minimum absolute atomic E-state index is 0.119. The minimum Gasteiger partial charge on any atom is -0.485 e. The summed E-state index contributed by atoms with van der Waals surface area (Å²) in [5, 5.41) is 4.01. The summed E-state index contributed by atoms with van der Waals surface area (Å²) in [6.45, 7) is 1.84. The summed E-state index contributed by atoms with van der Waals surface area (Å²) in [7, 11) is 0. The Morgan fingerprint density at radius 2 is 1.87 bits per heavy atom. The minimum atomic E-state index is -0.769. The van der Waals surface area contributed by atoms with E-state index in [0.717, 1.165) is 5.56 Å². The fourth-order valence-electron chi connectivity index (χ4n) is 2.12. The number of nitrogens with one attached hydrogen (secondary N) is 1. The molecule has 0 spiro atoms. The van der Waals surface area contributed by atoms with Crippen LogP contribution in [0.3, 0.4) is 0 Å². The number of carbonyl (C=O) groups is 1. The Balaban J connectivity index is 1.63. The fraction of sp³-hybridized carbons (Fsp3) is 0.176. The molecule has 1 N–H and O–H groups in total. The van der Waals surface area contributed by atoms with Crippen LogP contribution in [-0.4, -0.2) is 24.3 Å². The van der Waals surface area contributed by atoms with Crippen molar-refractivity contribution in [1.29, 1.82) is 0 Å². The highest BCUT2D eigenvalue weighted by atomic mass is 19.1. The van der Waals surface area contributed by atoms with Crippen molar-refractivity contribution in [3.05, 3.63) is 59.9 Å². The summed E-state index contributed by atoms with van der Waals surface area (Å²) < 4.78 is 24.0. The van der Waals surface area contributed by atoms with Crippen molar-refractivity contribution in [2.45, 2.75) is 13.0 Å². The molecule has 2 aromatic rings. The van der Waals surface area contributed by atoms with E-state index >= 15 is 0 Å². The first-order valence-electron chi connectivity index (χ1n) is 7.12. The zero-order chi connectivity index (χ0) is 16.2. The summed E-state index contributed by atoms with van der Waals surface area (Å²) >= 11 is 0. The molecule has 1 atom stereocenters. The van der Waals surface area contributed by atoms with Crippen LogP contribution in [0, 0.1) is 5.82 Å². The third-order valence-electron chi connectivity index (χ3n) is 3.40. The highest BCUT2D eigenvalue weighted by Crippen LogP contribution is 2.30. The molecule has 5 nitrogen and oxygen atoms in total. The lowest BCUT2D eigenvalue weighted by Crippen LogP contribution is -2.42. The monoisotopic (exact) mass is 314 g/mol. The molecular weight excluding hydrogens is 299 g/mol. The molecule has 0 bridgehead atoms. The molecule has 3 rings (SSSR count). The molecular formula is C17H15FN2O3. The van der Waals surface area contributed by atoms with Crippen LogP contribution in [0.1, 0.15) is 12.5 Å². The molecule has 1 aliphatic rings. The van der Waals surface area contributed by atoms with Crippen LogP contribution in [0.5, 0.6) is 11.5 Å². The van der Waals surface area contributed by atoms with Gasteiger partial charge in [0.1, 0.15) is 12.4 Å². The number of para-hydroxylation sites is 2. The molecule has 0 aliphatic carbocycles. The number of hydrogen-bond donors (Lipinski definition) is 1. The zero-order valence-electron chi connectivity index (χ0n) is 12.5. The lowest BCUT2D eigenvalue weighted by atomic mass is 10.1. The molecule has 0 aromatic heterocycles. The summed E-state index contributed by atoms with van der Waals surface area (Å²) in [6, 6.07) is 13.0. The SMILES string of the molecule is CC(=NNC(=O)C1COc2ccccc2O1)c1ccc(F)cc1. The van der Waals surface area contributed by atoms with Crippen molar-refractivity contribution in [1.82, 2.24) is 5.43 Å². The number of hydrogen-bond acceptors (Lipinski definition) is 4. The van der Waals surface area contributed by atoms with Gasteiger partial charge in [0.25, 0.3) is 5.91 Å². The Labute approximate surface area is 132 Å². The number of ether oxygens (including phenoxy) is 2. The van der Waals surface area contributed by atoms with Gasteiger partial charge in [0.15, 0.2) is 11.5 Å². The maximum absolute atomic E-state index is 12.9. The van der Waals surface area contributed by atoms with E-state index in [-0.39, 0.29) is 12.4 Å². The first kappa shape index (κ1) is 15.0. The molecule has 23 heavy (non-hydrogen) atoms. The van der Waals surface area contributed by atoms with E-state index < -0.39 is 12.0 Å². The number of rotatable bonds is 3. The van der Waals surface area contributed by atoms with E-state index in [1.54, 1.807) is 37.3 Å². The molecule has 118 valence electrons. The first-order valence-corrected chi connectivity index (χ1v) is 7.12. The number of nitrogens with zero attached hydrogens (tertiary/aromatic N) is 1. The van der Waals surface area contributed by atoms with Crippen molar-refractivity contribution >= 4 is 11.6 Å². The summed E-state index contributed by atoms with van der Waals surface area (Å²) in [5.74, 6) is 0.415. The number of hydrazone groups is 1. The third kappa shape index (κ3) is 3.48. The average molecular weight is 314 g/mol. The number of halogens is 1. The molecule has 1 unspecified atom stereocenters. The Morgan fingerprint density at radius 3 is 2.61 bits per heavy atom. The molecule has 1 amide bonds. The van der Waals surface area contributed by atoms with Crippen LogP contribution in [0.15, 0.2) is 53.6 Å². The second-order valence-corrected chi connectivity index (χ2v) is 5.04. The smallest absolute Gasteiger partial charge is 0.284 e. The van der Waals surface area contributed by atoms with Gasteiger partial charge in [-0.2, -0.15) is 5.10 Å². The van der Waals surface area contributed by atoms with Gasteiger partial charge in [-0.15, -0.1) is 0 Å². The van der Waals surface area contributed by atoms with Gasteiger partial charge in [-0.25, -0.2) is 9.82 Å². The van der Waals surface area contributed by atoms with Crippen molar-refractivity contribution in [3.8, 4) is 11.5 Å². The lowest BCUT2D eigenvalue weighted by Gasteiger charge is -2.24. The Morgan fingerprint density at radius 1 is 1.17 bits per heavy atom. The summed E-state index contributed by atoms with van der Waals surface area (Å²) in [4.78, 5) is 12.1. The van der Waals surface area contributed by atoms with E-state index in [0.29, 0.717) is 17.2 Å². The number of fused-ring (bicyclic) bond motifs is 1. The molecule has 1 aliphatic heterocycles. The van der Waals surface area contributed by atoms with Gasteiger partial charge in [0.05, 0.1) is 5.71 Å². The largest absolute Gasteiger partial charge is 0.485 e. The van der Waals surface area contributed by atoms with Crippen LogP contribution in [0.2, 0.25) is 0 Å². The predicted molar refractivity (Wildman–Crippen MR) is 83.1 cm³/mol. The molecule has 0 fully saturated rings. The van der Waals surface area contributed by atoms with Gasteiger partial charge in [-0.1, -0.05) is 24.3 Å². The van der Waals surface area contributed by atoms with E-state index in [1.165, 1.54) is 12.1 Å². The second kappa shape index (κ2) is 6.48. The van der Waals surface area contributed by atoms with Gasteiger partial charge in [0, 0.05) is 0 Å². The first-order chi connectivity index (χ1) is 11.1. The van der Waals surface area contributed by atoms with Crippen LogP contribution in [0.25, 0.3) is 0 Å². The molecule has 6 heteroatoms. The van der Waals surface area contributed by atoms with Gasteiger partial charge in [-0.3, -0.25) is 4.79 Å². The van der Waals surface area contributed by atoms with Gasteiger partial charge in [0.2, 0.25) is 6.10 Å². The third-order valence-corrected chi connectivity index (χ3v) is 3.40. The highest BCUT2D eigenvalue weighted by Gasteiger charge is 2.27. The molecule has 2 aromatic carbocycles. The Bertz CT molecular complexity index is 744. The number of carbonyl (C=O) groups excluding carboxylic acids is 1. The topological polar surface area (TPSA) is 59.9 Å². The molecule has 1 heterocycles. The quantitative estimate of drug-likeness (QED) is 0.699. The molecule has 0 saturated carbocycles. The van der Waals surface area contributed by atoms with Crippen LogP contribution < -0.4 is 14.9 Å². The predicted octanol–water partition coefficient (Wildman–Crippen LogP) is 2.51.